The molecule has 0 unspecified atom stereocenters. The van der Waals surface area contributed by atoms with Crippen LogP contribution in [0.3, 0.4) is 0 Å². The maximum absolute atomic E-state index is 12.0. The number of hydrogen-bond acceptors (Lipinski definition) is 4. The summed E-state index contributed by atoms with van der Waals surface area (Å²) in [6.45, 7) is 0.596. The number of nitrogens with one attached hydrogen (secondary N) is 1. The molecule has 21 heavy (non-hydrogen) atoms. The molecule has 1 aromatic carbocycles. The molecular weight excluding hydrogens is 266 g/mol. The zero-order valence-electron chi connectivity index (χ0n) is 11.5. The summed E-state index contributed by atoms with van der Waals surface area (Å²) in [4.78, 5) is 16.4. The van der Waals surface area contributed by atoms with Crippen LogP contribution in [0.25, 0.3) is 10.9 Å². The van der Waals surface area contributed by atoms with E-state index in [0.29, 0.717) is 12.2 Å². The Morgan fingerprint density at radius 3 is 2.95 bits per heavy atom. The van der Waals surface area contributed by atoms with Gasteiger partial charge in [-0.1, -0.05) is 29.4 Å². The van der Waals surface area contributed by atoms with E-state index >= 15 is 0 Å². The number of amides is 1. The van der Waals surface area contributed by atoms with Crippen molar-refractivity contribution in [3.05, 3.63) is 60.1 Å². The lowest BCUT2D eigenvalue weighted by Gasteiger charge is -2.05. The Labute approximate surface area is 122 Å². The van der Waals surface area contributed by atoms with Crippen molar-refractivity contribution in [2.75, 3.05) is 6.54 Å². The summed E-state index contributed by atoms with van der Waals surface area (Å²) in [7, 11) is 0. The molecule has 0 saturated carbocycles. The van der Waals surface area contributed by atoms with Crippen LogP contribution in [-0.4, -0.2) is 22.6 Å². The molecule has 2 aromatic heterocycles. The van der Waals surface area contributed by atoms with Crippen molar-refractivity contribution in [1.82, 2.24) is 15.5 Å². The van der Waals surface area contributed by atoms with Gasteiger partial charge in [0.15, 0.2) is 0 Å². The van der Waals surface area contributed by atoms with Gasteiger partial charge in [-0.25, -0.2) is 4.98 Å². The molecule has 0 bridgehead atoms. The average Bonchev–Trinajstić information content (AvgIpc) is 3.04. The maximum Gasteiger partial charge on any atom is 0.269 e. The van der Waals surface area contributed by atoms with Crippen molar-refractivity contribution in [3.8, 4) is 0 Å². The Bertz CT molecular complexity index is 738. The third-order valence-corrected chi connectivity index (χ3v) is 3.24. The van der Waals surface area contributed by atoms with Gasteiger partial charge in [0.05, 0.1) is 11.7 Å². The number of aryl methyl sites for hydroxylation is 1. The highest BCUT2D eigenvalue weighted by atomic mass is 16.5. The minimum absolute atomic E-state index is 0.147. The fourth-order valence-corrected chi connectivity index (χ4v) is 2.13. The highest BCUT2D eigenvalue weighted by molar-refractivity contribution is 5.94. The van der Waals surface area contributed by atoms with Gasteiger partial charge in [0.1, 0.15) is 12.0 Å². The Morgan fingerprint density at radius 2 is 2.10 bits per heavy atom. The molecule has 0 spiro atoms. The van der Waals surface area contributed by atoms with Gasteiger partial charge in [0, 0.05) is 17.5 Å². The van der Waals surface area contributed by atoms with Crippen LogP contribution < -0.4 is 5.32 Å². The van der Waals surface area contributed by atoms with Crippen molar-refractivity contribution in [2.45, 2.75) is 12.8 Å². The number of carbonyl (C=O) groups is 1. The Kier molecular flexibility index (Phi) is 3.91. The van der Waals surface area contributed by atoms with Gasteiger partial charge in [0.25, 0.3) is 5.91 Å². The van der Waals surface area contributed by atoms with Crippen LogP contribution in [0.2, 0.25) is 0 Å². The molecule has 0 saturated heterocycles. The molecule has 106 valence electrons. The Balaban J connectivity index is 1.56. The van der Waals surface area contributed by atoms with Crippen LogP contribution in [0.15, 0.2) is 53.4 Å². The molecule has 0 atom stereocenters. The van der Waals surface area contributed by atoms with E-state index in [1.807, 2.05) is 30.3 Å². The molecule has 1 amide bonds. The first-order valence-electron chi connectivity index (χ1n) is 6.85. The van der Waals surface area contributed by atoms with Crippen molar-refractivity contribution >= 4 is 16.8 Å². The normalized spacial score (nSPS) is 10.7. The molecular formula is C16H15N3O2. The number of hydrogen-bond donors (Lipinski definition) is 1. The van der Waals surface area contributed by atoms with Crippen LogP contribution in [0.5, 0.6) is 0 Å². The lowest BCUT2D eigenvalue weighted by molar-refractivity contribution is 0.0948. The van der Waals surface area contributed by atoms with Crippen LogP contribution >= 0.6 is 0 Å². The van der Waals surface area contributed by atoms with E-state index in [2.05, 4.69) is 15.5 Å². The summed E-state index contributed by atoms with van der Waals surface area (Å²) in [6, 6.07) is 11.4. The molecule has 2 heterocycles. The van der Waals surface area contributed by atoms with Gasteiger partial charge in [-0.15, -0.1) is 0 Å². The summed E-state index contributed by atoms with van der Waals surface area (Å²) in [5, 5.41) is 7.54. The Morgan fingerprint density at radius 1 is 1.19 bits per heavy atom. The largest absolute Gasteiger partial charge is 0.364 e. The van der Waals surface area contributed by atoms with Gasteiger partial charge in [-0.3, -0.25) is 4.79 Å². The van der Waals surface area contributed by atoms with E-state index in [-0.39, 0.29) is 5.91 Å². The SMILES string of the molecule is O=C(NCCCc1cnoc1)c1ccc2ccccc2n1. The third kappa shape index (κ3) is 3.25. The van der Waals surface area contributed by atoms with Crippen LogP contribution in [0.4, 0.5) is 0 Å². The number of benzene rings is 1. The molecule has 5 heteroatoms. The smallest absolute Gasteiger partial charge is 0.269 e. The van der Waals surface area contributed by atoms with E-state index in [1.54, 1.807) is 18.5 Å². The predicted molar refractivity (Wildman–Crippen MR) is 78.9 cm³/mol. The van der Waals surface area contributed by atoms with Gasteiger partial charge in [-0.05, 0) is 25.0 Å². The number of aromatic nitrogens is 2. The second-order valence-corrected chi connectivity index (χ2v) is 4.78. The van der Waals surface area contributed by atoms with Gasteiger partial charge in [0.2, 0.25) is 0 Å². The number of carbonyl (C=O) groups excluding carboxylic acids is 1. The summed E-state index contributed by atoms with van der Waals surface area (Å²) in [6.07, 6.45) is 4.97. The van der Waals surface area contributed by atoms with Crippen molar-refractivity contribution < 1.29 is 9.32 Å². The fourth-order valence-electron chi connectivity index (χ4n) is 2.13. The van der Waals surface area contributed by atoms with Gasteiger partial charge in [-0.2, -0.15) is 0 Å². The number of para-hydroxylation sites is 1. The molecule has 0 radical (unpaired) electrons. The number of nitrogens with zero attached hydrogens (tertiary/aromatic N) is 2. The molecule has 1 N–H and O–H groups in total. The van der Waals surface area contributed by atoms with Crippen molar-refractivity contribution in [1.29, 1.82) is 0 Å². The van der Waals surface area contributed by atoms with Crippen LogP contribution in [-0.2, 0) is 6.42 Å². The quantitative estimate of drug-likeness (QED) is 0.730. The number of rotatable bonds is 5. The van der Waals surface area contributed by atoms with E-state index in [9.17, 15) is 4.79 Å². The summed E-state index contributed by atoms with van der Waals surface area (Å²) < 4.78 is 4.76. The zero-order chi connectivity index (χ0) is 14.5. The first kappa shape index (κ1) is 13.3. The van der Waals surface area contributed by atoms with Crippen LogP contribution in [0.1, 0.15) is 22.5 Å². The van der Waals surface area contributed by atoms with E-state index < -0.39 is 0 Å². The lowest BCUT2D eigenvalue weighted by Crippen LogP contribution is -2.25. The van der Waals surface area contributed by atoms with Crippen molar-refractivity contribution in [2.24, 2.45) is 0 Å². The predicted octanol–water partition coefficient (Wildman–Crippen LogP) is 2.59. The first-order chi connectivity index (χ1) is 10.3. The van der Waals surface area contributed by atoms with Gasteiger partial charge < -0.3 is 9.84 Å². The lowest BCUT2D eigenvalue weighted by atomic mass is 10.2. The highest BCUT2D eigenvalue weighted by Crippen LogP contribution is 2.11. The molecule has 3 rings (SSSR count). The second-order valence-electron chi connectivity index (χ2n) is 4.78. The molecule has 0 aliphatic heterocycles. The summed E-state index contributed by atoms with van der Waals surface area (Å²) in [5.41, 5.74) is 2.31. The second kappa shape index (κ2) is 6.17. The standard InChI is InChI=1S/C16H15N3O2/c20-16(17-9-3-4-12-10-18-21-11-12)15-8-7-13-5-1-2-6-14(13)19-15/h1-2,5-8,10-11H,3-4,9H2,(H,17,20). The van der Waals surface area contributed by atoms with E-state index in [4.69, 9.17) is 4.52 Å². The first-order valence-corrected chi connectivity index (χ1v) is 6.85. The van der Waals surface area contributed by atoms with Crippen LogP contribution in [0, 0.1) is 0 Å². The Hall–Kier alpha value is -2.69. The fraction of sp³-hybridized carbons (Fsp3) is 0.188. The monoisotopic (exact) mass is 281 g/mol. The zero-order valence-corrected chi connectivity index (χ0v) is 11.5. The topological polar surface area (TPSA) is 68.0 Å². The number of pyridine rings is 1. The summed E-state index contributed by atoms with van der Waals surface area (Å²) >= 11 is 0. The molecule has 5 nitrogen and oxygen atoms in total. The third-order valence-electron chi connectivity index (χ3n) is 3.24. The molecule has 0 aliphatic carbocycles. The highest BCUT2D eigenvalue weighted by Gasteiger charge is 2.07. The maximum atomic E-state index is 12.0. The average molecular weight is 281 g/mol. The minimum Gasteiger partial charge on any atom is -0.364 e. The number of fused-ring (bicyclic) bond motifs is 1. The summed E-state index contributed by atoms with van der Waals surface area (Å²) in [5.74, 6) is -0.147. The molecule has 0 fully saturated rings. The van der Waals surface area contributed by atoms with E-state index in [1.165, 1.54) is 0 Å². The van der Waals surface area contributed by atoms with E-state index in [0.717, 1.165) is 29.3 Å². The van der Waals surface area contributed by atoms with Crippen molar-refractivity contribution in [3.63, 3.8) is 0 Å². The van der Waals surface area contributed by atoms with Gasteiger partial charge >= 0.3 is 0 Å². The molecule has 3 aromatic rings. The minimum atomic E-state index is -0.147. The molecule has 0 aliphatic rings.